The topological polar surface area (TPSA) is 54.9 Å². The number of carbonyl (C=O) groups excluding carboxylic acids is 1. The molecule has 3 rings (SSSR count). The number of hydrogen-bond donors (Lipinski definition) is 1. The minimum atomic E-state index is -0.156. The normalized spacial score (nSPS) is 11.9. The number of benzene rings is 2. The van der Waals surface area contributed by atoms with Gasteiger partial charge in [-0.2, -0.15) is 0 Å². The van der Waals surface area contributed by atoms with Crippen molar-refractivity contribution in [2.45, 2.75) is 23.5 Å². The van der Waals surface area contributed by atoms with Crippen molar-refractivity contribution in [3.05, 3.63) is 60.7 Å². The molecule has 1 N–H and O–H groups in total. The first-order chi connectivity index (χ1) is 11.8. The summed E-state index contributed by atoms with van der Waals surface area (Å²) in [5.41, 5.74) is 1.00. The van der Waals surface area contributed by atoms with Gasteiger partial charge in [-0.3, -0.25) is 10.1 Å². The number of nitrogens with zero attached hydrogens (tertiary/aromatic N) is 2. The number of aromatic nitrogens is 2. The molecule has 122 valence electrons. The van der Waals surface area contributed by atoms with Crippen molar-refractivity contribution in [2.24, 2.45) is 0 Å². The SMILES string of the molecule is CC[C@@H](Sc1ccccc1)C(=O)Nc1nnc(-c2ccccc2)s1. The molecule has 0 spiro atoms. The number of thioether (sulfide) groups is 1. The van der Waals surface area contributed by atoms with Crippen molar-refractivity contribution < 1.29 is 4.79 Å². The first kappa shape index (κ1) is 16.7. The molecule has 4 nitrogen and oxygen atoms in total. The fourth-order valence-electron chi connectivity index (χ4n) is 2.14. The van der Waals surface area contributed by atoms with Crippen LogP contribution in [0, 0.1) is 0 Å². The van der Waals surface area contributed by atoms with Gasteiger partial charge in [0.15, 0.2) is 0 Å². The van der Waals surface area contributed by atoms with Gasteiger partial charge in [-0.05, 0) is 18.6 Å². The van der Waals surface area contributed by atoms with E-state index in [1.807, 2.05) is 67.6 Å². The zero-order chi connectivity index (χ0) is 16.8. The highest BCUT2D eigenvalue weighted by Crippen LogP contribution is 2.29. The molecule has 2 aromatic carbocycles. The van der Waals surface area contributed by atoms with Crippen molar-refractivity contribution in [2.75, 3.05) is 5.32 Å². The molecule has 0 fully saturated rings. The lowest BCUT2D eigenvalue weighted by atomic mass is 10.2. The molecule has 1 amide bonds. The van der Waals surface area contributed by atoms with Gasteiger partial charge in [0, 0.05) is 10.5 Å². The summed E-state index contributed by atoms with van der Waals surface area (Å²) in [4.78, 5) is 13.6. The molecule has 0 aliphatic rings. The van der Waals surface area contributed by atoms with Crippen LogP contribution >= 0.6 is 23.1 Å². The van der Waals surface area contributed by atoms with E-state index in [1.54, 1.807) is 11.8 Å². The van der Waals surface area contributed by atoms with Gasteiger partial charge in [0.05, 0.1) is 5.25 Å². The van der Waals surface area contributed by atoms with Gasteiger partial charge in [0.25, 0.3) is 0 Å². The zero-order valence-electron chi connectivity index (χ0n) is 13.2. The monoisotopic (exact) mass is 355 g/mol. The molecule has 0 saturated heterocycles. The van der Waals surface area contributed by atoms with Gasteiger partial charge >= 0.3 is 0 Å². The van der Waals surface area contributed by atoms with E-state index < -0.39 is 0 Å². The predicted molar refractivity (Wildman–Crippen MR) is 100 cm³/mol. The Hall–Kier alpha value is -2.18. The lowest BCUT2D eigenvalue weighted by Crippen LogP contribution is -2.24. The smallest absolute Gasteiger partial charge is 0.239 e. The zero-order valence-corrected chi connectivity index (χ0v) is 14.8. The maximum atomic E-state index is 12.5. The highest BCUT2D eigenvalue weighted by Gasteiger charge is 2.19. The van der Waals surface area contributed by atoms with Crippen LogP contribution in [0.4, 0.5) is 5.13 Å². The molecule has 1 atom stereocenters. The highest BCUT2D eigenvalue weighted by atomic mass is 32.2. The van der Waals surface area contributed by atoms with E-state index in [1.165, 1.54) is 11.3 Å². The number of amides is 1. The Morgan fingerprint density at radius 1 is 1.08 bits per heavy atom. The van der Waals surface area contributed by atoms with Crippen molar-refractivity contribution in [3.8, 4) is 10.6 Å². The Morgan fingerprint density at radius 2 is 1.75 bits per heavy atom. The molecule has 0 saturated carbocycles. The van der Waals surface area contributed by atoms with Crippen LogP contribution in [0.15, 0.2) is 65.6 Å². The Labute approximate surface area is 149 Å². The van der Waals surface area contributed by atoms with E-state index in [-0.39, 0.29) is 11.2 Å². The van der Waals surface area contributed by atoms with Crippen LogP contribution in [0.5, 0.6) is 0 Å². The fraction of sp³-hybridized carbons (Fsp3) is 0.167. The predicted octanol–water partition coefficient (Wildman–Crippen LogP) is 4.71. The van der Waals surface area contributed by atoms with Gasteiger partial charge in [0.1, 0.15) is 5.01 Å². The minimum absolute atomic E-state index is 0.0397. The van der Waals surface area contributed by atoms with Gasteiger partial charge in [0.2, 0.25) is 11.0 Å². The molecular weight excluding hydrogens is 338 g/mol. The lowest BCUT2D eigenvalue weighted by Gasteiger charge is -2.13. The van der Waals surface area contributed by atoms with Crippen LogP contribution < -0.4 is 5.32 Å². The van der Waals surface area contributed by atoms with Crippen LogP contribution in [0.1, 0.15) is 13.3 Å². The van der Waals surface area contributed by atoms with Crippen molar-refractivity contribution >= 4 is 34.1 Å². The third kappa shape index (κ3) is 4.21. The molecule has 3 aromatic rings. The van der Waals surface area contributed by atoms with Crippen LogP contribution in [0.2, 0.25) is 0 Å². The molecule has 0 aliphatic carbocycles. The van der Waals surface area contributed by atoms with E-state index in [4.69, 9.17) is 0 Å². The van der Waals surface area contributed by atoms with E-state index in [0.717, 1.165) is 21.9 Å². The summed E-state index contributed by atoms with van der Waals surface area (Å²) in [7, 11) is 0. The first-order valence-corrected chi connectivity index (χ1v) is 9.37. The minimum Gasteiger partial charge on any atom is -0.300 e. The summed E-state index contributed by atoms with van der Waals surface area (Å²) in [6, 6.07) is 19.8. The Kier molecular flexibility index (Phi) is 5.61. The number of carbonyl (C=O) groups is 1. The largest absolute Gasteiger partial charge is 0.300 e. The molecule has 1 heterocycles. The Balaban J connectivity index is 1.66. The number of nitrogens with one attached hydrogen (secondary N) is 1. The summed E-state index contributed by atoms with van der Waals surface area (Å²) in [6.07, 6.45) is 0.746. The molecule has 0 unspecified atom stereocenters. The molecule has 0 aliphatic heterocycles. The van der Waals surface area contributed by atoms with E-state index in [0.29, 0.717) is 5.13 Å². The first-order valence-electron chi connectivity index (χ1n) is 7.67. The molecule has 0 bridgehead atoms. The summed E-state index contributed by atoms with van der Waals surface area (Å²) in [5, 5.41) is 12.3. The molecule has 1 aromatic heterocycles. The van der Waals surface area contributed by atoms with Crippen molar-refractivity contribution in [1.82, 2.24) is 10.2 Å². The van der Waals surface area contributed by atoms with E-state index in [2.05, 4.69) is 15.5 Å². The molecule has 24 heavy (non-hydrogen) atoms. The van der Waals surface area contributed by atoms with E-state index >= 15 is 0 Å². The molecule has 0 radical (unpaired) electrons. The lowest BCUT2D eigenvalue weighted by molar-refractivity contribution is -0.115. The van der Waals surface area contributed by atoms with Gasteiger partial charge in [-0.1, -0.05) is 66.8 Å². The molecule has 6 heteroatoms. The summed E-state index contributed by atoms with van der Waals surface area (Å²) >= 11 is 2.95. The maximum absolute atomic E-state index is 12.5. The van der Waals surface area contributed by atoms with Gasteiger partial charge in [-0.25, -0.2) is 0 Å². The van der Waals surface area contributed by atoms with Crippen LogP contribution in [-0.4, -0.2) is 21.4 Å². The standard InChI is InChI=1S/C18H17N3OS2/c1-2-15(23-14-11-7-4-8-12-14)16(22)19-18-21-20-17(24-18)13-9-5-3-6-10-13/h3-12,15H,2H2,1H3,(H,19,21,22)/t15-/m1/s1. The fourth-order valence-corrected chi connectivity index (χ4v) is 3.87. The summed E-state index contributed by atoms with van der Waals surface area (Å²) < 4.78 is 0. The number of anilines is 1. The summed E-state index contributed by atoms with van der Waals surface area (Å²) in [6.45, 7) is 2.01. The van der Waals surface area contributed by atoms with Crippen LogP contribution in [0.25, 0.3) is 10.6 Å². The van der Waals surface area contributed by atoms with Crippen molar-refractivity contribution in [1.29, 1.82) is 0 Å². The second kappa shape index (κ2) is 8.08. The average Bonchev–Trinajstić information content (AvgIpc) is 3.09. The Morgan fingerprint density at radius 3 is 2.42 bits per heavy atom. The van der Waals surface area contributed by atoms with Crippen LogP contribution in [-0.2, 0) is 4.79 Å². The van der Waals surface area contributed by atoms with Gasteiger partial charge in [-0.15, -0.1) is 22.0 Å². The molecular formula is C18H17N3OS2. The third-order valence-corrected chi connectivity index (χ3v) is 5.62. The number of rotatable bonds is 6. The Bertz CT molecular complexity index is 790. The third-order valence-electron chi connectivity index (χ3n) is 3.36. The second-order valence-electron chi connectivity index (χ2n) is 5.10. The quantitative estimate of drug-likeness (QED) is 0.650. The summed E-state index contributed by atoms with van der Waals surface area (Å²) in [5.74, 6) is -0.0397. The van der Waals surface area contributed by atoms with E-state index in [9.17, 15) is 4.79 Å². The van der Waals surface area contributed by atoms with Gasteiger partial charge < -0.3 is 0 Å². The maximum Gasteiger partial charge on any atom is 0.239 e. The second-order valence-corrected chi connectivity index (χ2v) is 7.35. The van der Waals surface area contributed by atoms with Crippen molar-refractivity contribution in [3.63, 3.8) is 0 Å². The number of hydrogen-bond acceptors (Lipinski definition) is 5. The van der Waals surface area contributed by atoms with Crippen LogP contribution in [0.3, 0.4) is 0 Å². The average molecular weight is 355 g/mol. The highest BCUT2D eigenvalue weighted by molar-refractivity contribution is 8.00.